The molecule has 1 nitrogen and oxygen atoms in total. The zero-order valence-corrected chi connectivity index (χ0v) is 8.80. The molecule has 0 spiro atoms. The van der Waals surface area contributed by atoms with Crippen LogP contribution in [0.25, 0.3) is 0 Å². The van der Waals surface area contributed by atoms with Crippen LogP contribution in [0.2, 0.25) is 0 Å². The van der Waals surface area contributed by atoms with Crippen molar-refractivity contribution in [3.05, 3.63) is 47.0 Å². The van der Waals surface area contributed by atoms with Gasteiger partial charge in [0.1, 0.15) is 11.6 Å². The van der Waals surface area contributed by atoms with Gasteiger partial charge in [-0.1, -0.05) is 6.08 Å². The van der Waals surface area contributed by atoms with Gasteiger partial charge in [-0.05, 0) is 43.4 Å². The topological polar surface area (TPSA) is 17.1 Å². The number of benzene rings is 1. The Kier molecular flexibility index (Phi) is 3.13. The molecule has 0 fully saturated rings. The minimum atomic E-state index is -0.709. The van der Waals surface area contributed by atoms with Gasteiger partial charge in [-0.3, -0.25) is 4.79 Å². The molecule has 0 bridgehead atoms. The Balaban J connectivity index is 2.29. The molecule has 0 heterocycles. The maximum atomic E-state index is 12.9. The lowest BCUT2D eigenvalue weighted by atomic mass is 9.93. The lowest BCUT2D eigenvalue weighted by Crippen LogP contribution is -2.07. The largest absolute Gasteiger partial charge is 0.289 e. The Hall–Kier alpha value is -1.51. The number of hydrogen-bond donors (Lipinski definition) is 0. The summed E-state index contributed by atoms with van der Waals surface area (Å²) >= 11 is 0. The number of carbonyl (C=O) groups excluding carboxylic acids is 1. The van der Waals surface area contributed by atoms with E-state index < -0.39 is 11.6 Å². The van der Waals surface area contributed by atoms with Gasteiger partial charge in [0.15, 0.2) is 5.78 Å². The molecule has 84 valence electrons. The SMILES string of the molecule is O=C(C1=CCCCC1)c1cc(F)cc(F)c1. The second-order valence-electron chi connectivity index (χ2n) is 3.96. The summed E-state index contributed by atoms with van der Waals surface area (Å²) in [7, 11) is 0. The van der Waals surface area contributed by atoms with Gasteiger partial charge >= 0.3 is 0 Å². The molecule has 0 radical (unpaired) electrons. The van der Waals surface area contributed by atoms with Gasteiger partial charge in [-0.25, -0.2) is 8.78 Å². The fourth-order valence-electron chi connectivity index (χ4n) is 1.91. The maximum absolute atomic E-state index is 12.9. The number of allylic oxidation sites excluding steroid dienone is 2. The Bertz CT molecular complexity index is 429. The normalized spacial score (nSPS) is 15.8. The van der Waals surface area contributed by atoms with Gasteiger partial charge < -0.3 is 0 Å². The van der Waals surface area contributed by atoms with Gasteiger partial charge in [0.2, 0.25) is 0 Å². The van der Waals surface area contributed by atoms with Crippen LogP contribution in [0.4, 0.5) is 8.78 Å². The fourth-order valence-corrected chi connectivity index (χ4v) is 1.91. The molecule has 1 aromatic carbocycles. The predicted octanol–water partition coefficient (Wildman–Crippen LogP) is 3.65. The molecule has 1 aromatic rings. The molecule has 2 rings (SSSR count). The predicted molar refractivity (Wildman–Crippen MR) is 57.2 cm³/mol. The van der Waals surface area contributed by atoms with Crippen LogP contribution in [-0.2, 0) is 0 Å². The number of carbonyl (C=O) groups is 1. The van der Waals surface area contributed by atoms with Gasteiger partial charge in [0.25, 0.3) is 0 Å². The summed E-state index contributed by atoms with van der Waals surface area (Å²) < 4.78 is 25.9. The van der Waals surface area contributed by atoms with Crippen molar-refractivity contribution in [2.24, 2.45) is 0 Å². The third kappa shape index (κ3) is 2.35. The average Bonchev–Trinajstić information content (AvgIpc) is 2.28. The molecule has 1 aliphatic rings. The number of ketones is 1. The van der Waals surface area contributed by atoms with Crippen LogP contribution in [-0.4, -0.2) is 5.78 Å². The first-order chi connectivity index (χ1) is 7.66. The first-order valence-corrected chi connectivity index (χ1v) is 5.36. The standard InChI is InChI=1S/C13H12F2O/c14-11-6-10(7-12(15)8-11)13(16)9-4-2-1-3-5-9/h4,6-8H,1-3,5H2. The zero-order valence-electron chi connectivity index (χ0n) is 8.80. The molecule has 0 N–H and O–H groups in total. The Morgan fingerprint density at radius 3 is 2.31 bits per heavy atom. The average molecular weight is 222 g/mol. The fraction of sp³-hybridized carbons (Fsp3) is 0.308. The molecule has 0 amide bonds. The van der Waals surface area contributed by atoms with Crippen LogP contribution in [0.3, 0.4) is 0 Å². The maximum Gasteiger partial charge on any atom is 0.188 e. The van der Waals surface area contributed by atoms with E-state index in [1.807, 2.05) is 6.08 Å². The van der Waals surface area contributed by atoms with Crippen LogP contribution in [0.15, 0.2) is 29.8 Å². The molecular formula is C13H12F2O. The molecule has 0 atom stereocenters. The van der Waals surface area contributed by atoms with Crippen molar-refractivity contribution in [3.63, 3.8) is 0 Å². The molecule has 0 aliphatic heterocycles. The van der Waals surface area contributed by atoms with Gasteiger partial charge in [0.05, 0.1) is 0 Å². The molecule has 0 aromatic heterocycles. The summed E-state index contributed by atoms with van der Waals surface area (Å²) in [5.74, 6) is -1.67. The van der Waals surface area contributed by atoms with E-state index in [1.54, 1.807) is 0 Å². The lowest BCUT2D eigenvalue weighted by Gasteiger charge is -2.11. The van der Waals surface area contributed by atoms with Crippen molar-refractivity contribution in [3.8, 4) is 0 Å². The van der Waals surface area contributed by atoms with E-state index in [0.717, 1.165) is 37.5 Å². The molecule has 0 unspecified atom stereocenters. The minimum absolute atomic E-state index is 0.102. The molecular weight excluding hydrogens is 210 g/mol. The molecule has 16 heavy (non-hydrogen) atoms. The van der Waals surface area contributed by atoms with Crippen molar-refractivity contribution in [1.82, 2.24) is 0 Å². The van der Waals surface area contributed by atoms with E-state index in [-0.39, 0.29) is 11.3 Å². The van der Waals surface area contributed by atoms with Crippen molar-refractivity contribution >= 4 is 5.78 Å². The lowest BCUT2D eigenvalue weighted by molar-refractivity contribution is 0.102. The Morgan fingerprint density at radius 2 is 1.75 bits per heavy atom. The number of rotatable bonds is 2. The van der Waals surface area contributed by atoms with E-state index in [2.05, 4.69) is 0 Å². The van der Waals surface area contributed by atoms with E-state index in [1.165, 1.54) is 0 Å². The molecule has 0 saturated heterocycles. The van der Waals surface area contributed by atoms with E-state index in [9.17, 15) is 13.6 Å². The highest BCUT2D eigenvalue weighted by molar-refractivity contribution is 6.08. The van der Waals surface area contributed by atoms with Gasteiger partial charge in [0, 0.05) is 11.6 Å². The third-order valence-corrected chi connectivity index (χ3v) is 2.71. The molecule has 1 aliphatic carbocycles. The smallest absolute Gasteiger partial charge is 0.188 e. The summed E-state index contributed by atoms with van der Waals surface area (Å²) in [6.45, 7) is 0. The van der Waals surface area contributed by atoms with Crippen LogP contribution >= 0.6 is 0 Å². The van der Waals surface area contributed by atoms with Gasteiger partial charge in [-0.2, -0.15) is 0 Å². The summed E-state index contributed by atoms with van der Waals surface area (Å²) in [6.07, 6.45) is 5.49. The highest BCUT2D eigenvalue weighted by atomic mass is 19.1. The number of halogens is 2. The monoisotopic (exact) mass is 222 g/mol. The minimum Gasteiger partial charge on any atom is -0.289 e. The zero-order chi connectivity index (χ0) is 11.5. The van der Waals surface area contributed by atoms with Crippen LogP contribution in [0.5, 0.6) is 0 Å². The van der Waals surface area contributed by atoms with Crippen LogP contribution in [0, 0.1) is 11.6 Å². The highest BCUT2D eigenvalue weighted by Gasteiger charge is 2.15. The Morgan fingerprint density at radius 1 is 1.06 bits per heavy atom. The number of hydrogen-bond acceptors (Lipinski definition) is 1. The van der Waals surface area contributed by atoms with Crippen molar-refractivity contribution in [1.29, 1.82) is 0 Å². The summed E-state index contributed by atoms with van der Waals surface area (Å²) in [6, 6.07) is 2.94. The number of Topliss-reactive ketones (excluding diaryl/α,β-unsaturated/α-hetero) is 1. The van der Waals surface area contributed by atoms with Crippen molar-refractivity contribution in [2.75, 3.05) is 0 Å². The third-order valence-electron chi connectivity index (χ3n) is 2.71. The quantitative estimate of drug-likeness (QED) is 0.698. The van der Waals surface area contributed by atoms with E-state index >= 15 is 0 Å². The summed E-state index contributed by atoms with van der Waals surface area (Å²) in [4.78, 5) is 11.9. The van der Waals surface area contributed by atoms with Gasteiger partial charge in [-0.15, -0.1) is 0 Å². The first-order valence-electron chi connectivity index (χ1n) is 5.36. The van der Waals surface area contributed by atoms with Crippen molar-refractivity contribution < 1.29 is 13.6 Å². The summed E-state index contributed by atoms with van der Waals surface area (Å²) in [5.41, 5.74) is 0.780. The van der Waals surface area contributed by atoms with Crippen molar-refractivity contribution in [2.45, 2.75) is 25.7 Å². The second kappa shape index (κ2) is 4.56. The molecule has 3 heteroatoms. The Labute approximate surface area is 92.8 Å². The molecule has 0 saturated carbocycles. The van der Waals surface area contributed by atoms with Crippen LogP contribution in [0.1, 0.15) is 36.0 Å². The van der Waals surface area contributed by atoms with E-state index in [4.69, 9.17) is 0 Å². The first kappa shape index (κ1) is 11.0. The van der Waals surface area contributed by atoms with Crippen LogP contribution < -0.4 is 0 Å². The summed E-state index contributed by atoms with van der Waals surface area (Å²) in [5, 5.41) is 0. The highest BCUT2D eigenvalue weighted by Crippen LogP contribution is 2.22. The second-order valence-corrected chi connectivity index (χ2v) is 3.96. The van der Waals surface area contributed by atoms with E-state index in [0.29, 0.717) is 12.0 Å².